The number of carboxylic acid groups (broad SMARTS) is 1. The molecule has 1 saturated heterocycles. The Morgan fingerprint density at radius 3 is 2.71 bits per heavy atom. The van der Waals surface area contributed by atoms with Crippen molar-refractivity contribution in [2.75, 3.05) is 17.3 Å². The standard InChI is InChI=1S/C7H13NO4S2/c8-6(7(9)10)3-13-5-1-2-14(11,12)4-5/h5-6H,1-4,8H2,(H,9,10)/t5?,6-/m1/s1. The van der Waals surface area contributed by atoms with Crippen molar-refractivity contribution in [3.05, 3.63) is 0 Å². The van der Waals surface area contributed by atoms with Gasteiger partial charge in [-0.15, -0.1) is 0 Å². The predicted molar refractivity (Wildman–Crippen MR) is 55.1 cm³/mol. The van der Waals surface area contributed by atoms with Crippen molar-refractivity contribution in [2.45, 2.75) is 17.7 Å². The van der Waals surface area contributed by atoms with E-state index in [-0.39, 0.29) is 22.5 Å². The highest BCUT2D eigenvalue weighted by atomic mass is 32.2. The van der Waals surface area contributed by atoms with Gasteiger partial charge in [0, 0.05) is 11.0 Å². The zero-order chi connectivity index (χ0) is 10.8. The van der Waals surface area contributed by atoms with Crippen LogP contribution in [0.3, 0.4) is 0 Å². The van der Waals surface area contributed by atoms with Crippen LogP contribution >= 0.6 is 11.8 Å². The van der Waals surface area contributed by atoms with Gasteiger partial charge in [-0.1, -0.05) is 0 Å². The quantitative estimate of drug-likeness (QED) is 0.674. The van der Waals surface area contributed by atoms with Crippen LogP contribution in [-0.2, 0) is 14.6 Å². The first-order valence-corrected chi connectivity index (χ1v) is 7.08. The van der Waals surface area contributed by atoms with Crippen LogP contribution in [0.4, 0.5) is 0 Å². The molecule has 0 saturated carbocycles. The molecular weight excluding hydrogens is 226 g/mol. The van der Waals surface area contributed by atoms with E-state index in [1.165, 1.54) is 11.8 Å². The van der Waals surface area contributed by atoms with Gasteiger partial charge >= 0.3 is 5.97 Å². The molecule has 82 valence electrons. The van der Waals surface area contributed by atoms with E-state index in [4.69, 9.17) is 10.8 Å². The van der Waals surface area contributed by atoms with E-state index in [1.54, 1.807) is 0 Å². The number of aliphatic carboxylic acids is 1. The summed E-state index contributed by atoms with van der Waals surface area (Å²) >= 11 is 1.34. The highest BCUT2D eigenvalue weighted by Gasteiger charge is 2.28. The molecule has 3 N–H and O–H groups in total. The van der Waals surface area contributed by atoms with Gasteiger partial charge in [0.25, 0.3) is 0 Å². The average Bonchev–Trinajstić information content (AvgIpc) is 2.41. The molecule has 0 aromatic carbocycles. The minimum atomic E-state index is -2.87. The van der Waals surface area contributed by atoms with Crippen LogP contribution in [0.1, 0.15) is 6.42 Å². The summed E-state index contributed by atoms with van der Waals surface area (Å²) in [5.74, 6) is -0.398. The second kappa shape index (κ2) is 4.50. The third-order valence-corrected chi connectivity index (χ3v) is 5.42. The van der Waals surface area contributed by atoms with E-state index < -0.39 is 21.8 Å². The molecule has 1 heterocycles. The summed E-state index contributed by atoms with van der Waals surface area (Å²) in [7, 11) is -2.87. The summed E-state index contributed by atoms with van der Waals surface area (Å²) in [5.41, 5.74) is 5.29. The molecule has 0 bridgehead atoms. The van der Waals surface area contributed by atoms with Gasteiger partial charge in [0.1, 0.15) is 6.04 Å². The van der Waals surface area contributed by atoms with Crippen LogP contribution in [-0.4, -0.2) is 48.0 Å². The lowest BCUT2D eigenvalue weighted by atomic mass is 10.4. The van der Waals surface area contributed by atoms with Gasteiger partial charge in [-0.25, -0.2) is 8.42 Å². The molecule has 1 unspecified atom stereocenters. The van der Waals surface area contributed by atoms with Crippen LogP contribution in [0.5, 0.6) is 0 Å². The normalized spacial score (nSPS) is 27.4. The van der Waals surface area contributed by atoms with E-state index in [9.17, 15) is 13.2 Å². The lowest BCUT2D eigenvalue weighted by Crippen LogP contribution is -2.33. The maximum absolute atomic E-state index is 11.1. The molecule has 0 amide bonds. The lowest BCUT2D eigenvalue weighted by Gasteiger charge is -2.09. The summed E-state index contributed by atoms with van der Waals surface area (Å²) < 4.78 is 22.1. The largest absolute Gasteiger partial charge is 0.480 e. The van der Waals surface area contributed by atoms with Gasteiger partial charge in [0.15, 0.2) is 9.84 Å². The molecule has 14 heavy (non-hydrogen) atoms. The second-order valence-electron chi connectivity index (χ2n) is 3.30. The van der Waals surface area contributed by atoms with Crippen molar-refractivity contribution >= 4 is 27.6 Å². The van der Waals surface area contributed by atoms with Gasteiger partial charge in [0.05, 0.1) is 11.5 Å². The molecule has 0 aliphatic carbocycles. The molecule has 5 nitrogen and oxygen atoms in total. The number of hydrogen-bond donors (Lipinski definition) is 2. The fourth-order valence-corrected chi connectivity index (χ4v) is 4.81. The Hall–Kier alpha value is -0.270. The second-order valence-corrected chi connectivity index (χ2v) is 6.87. The summed E-state index contributed by atoms with van der Waals surface area (Å²) in [6.07, 6.45) is 0.610. The van der Waals surface area contributed by atoms with Crippen molar-refractivity contribution in [3.63, 3.8) is 0 Å². The highest BCUT2D eigenvalue weighted by molar-refractivity contribution is 8.01. The first kappa shape index (κ1) is 11.8. The maximum Gasteiger partial charge on any atom is 0.321 e. The van der Waals surface area contributed by atoms with E-state index in [2.05, 4.69) is 0 Å². The lowest BCUT2D eigenvalue weighted by molar-refractivity contribution is -0.137. The van der Waals surface area contributed by atoms with Crippen LogP contribution in [0, 0.1) is 0 Å². The van der Waals surface area contributed by atoms with Crippen LogP contribution in [0.15, 0.2) is 0 Å². The number of thioether (sulfide) groups is 1. The van der Waals surface area contributed by atoms with E-state index in [0.717, 1.165) is 0 Å². The minimum Gasteiger partial charge on any atom is -0.480 e. The highest BCUT2D eigenvalue weighted by Crippen LogP contribution is 2.24. The molecule has 0 radical (unpaired) electrons. The smallest absolute Gasteiger partial charge is 0.321 e. The van der Waals surface area contributed by atoms with Crippen molar-refractivity contribution in [1.29, 1.82) is 0 Å². The number of carboxylic acids is 1. The minimum absolute atomic E-state index is 0.0189. The van der Waals surface area contributed by atoms with Crippen molar-refractivity contribution in [2.24, 2.45) is 5.73 Å². The molecule has 2 atom stereocenters. The number of rotatable bonds is 4. The maximum atomic E-state index is 11.1. The molecule has 1 fully saturated rings. The Morgan fingerprint density at radius 2 is 2.29 bits per heavy atom. The zero-order valence-electron chi connectivity index (χ0n) is 7.55. The average molecular weight is 239 g/mol. The fourth-order valence-electron chi connectivity index (χ4n) is 1.20. The van der Waals surface area contributed by atoms with E-state index in [0.29, 0.717) is 6.42 Å². The molecule has 1 rings (SSSR count). The Labute approximate surface area is 87.0 Å². The van der Waals surface area contributed by atoms with E-state index >= 15 is 0 Å². The summed E-state index contributed by atoms with van der Waals surface area (Å²) in [4.78, 5) is 10.4. The fraction of sp³-hybridized carbons (Fsp3) is 0.857. The van der Waals surface area contributed by atoms with Crippen molar-refractivity contribution < 1.29 is 18.3 Å². The predicted octanol–water partition coefficient (Wildman–Crippen LogP) is -0.681. The molecular formula is C7H13NO4S2. The van der Waals surface area contributed by atoms with E-state index in [1.807, 2.05) is 0 Å². The number of hydrogen-bond acceptors (Lipinski definition) is 5. The molecule has 7 heteroatoms. The Balaban J connectivity index is 2.31. The molecule has 0 aromatic rings. The first-order valence-electron chi connectivity index (χ1n) is 4.21. The van der Waals surface area contributed by atoms with Gasteiger partial charge in [-0.2, -0.15) is 11.8 Å². The number of sulfone groups is 1. The molecule has 1 aliphatic heterocycles. The number of carbonyl (C=O) groups is 1. The monoisotopic (exact) mass is 239 g/mol. The van der Waals surface area contributed by atoms with Gasteiger partial charge in [0.2, 0.25) is 0 Å². The van der Waals surface area contributed by atoms with Crippen LogP contribution in [0.2, 0.25) is 0 Å². The summed E-state index contributed by atoms with van der Waals surface area (Å²) in [6, 6.07) is -0.900. The molecule has 1 aliphatic rings. The zero-order valence-corrected chi connectivity index (χ0v) is 9.18. The number of nitrogens with two attached hydrogens (primary N) is 1. The third kappa shape index (κ3) is 3.47. The van der Waals surface area contributed by atoms with Crippen molar-refractivity contribution in [1.82, 2.24) is 0 Å². The third-order valence-electron chi connectivity index (χ3n) is 2.02. The Kier molecular flexibility index (Phi) is 3.79. The van der Waals surface area contributed by atoms with Crippen LogP contribution in [0.25, 0.3) is 0 Å². The molecule has 0 spiro atoms. The Morgan fingerprint density at radius 1 is 1.64 bits per heavy atom. The SMILES string of the molecule is N[C@H](CSC1CCS(=O)(=O)C1)C(=O)O. The first-order chi connectivity index (χ1) is 6.41. The van der Waals surface area contributed by atoms with Gasteiger partial charge < -0.3 is 10.8 Å². The summed E-state index contributed by atoms with van der Waals surface area (Å²) in [6.45, 7) is 0. The van der Waals surface area contributed by atoms with Gasteiger partial charge in [-0.05, 0) is 6.42 Å². The molecule has 0 aromatic heterocycles. The summed E-state index contributed by atoms with van der Waals surface area (Å²) in [5, 5.41) is 8.52. The van der Waals surface area contributed by atoms with Crippen LogP contribution < -0.4 is 5.73 Å². The Bertz CT molecular complexity index is 314. The van der Waals surface area contributed by atoms with Crippen molar-refractivity contribution in [3.8, 4) is 0 Å². The topological polar surface area (TPSA) is 97.5 Å². The van der Waals surface area contributed by atoms with Gasteiger partial charge in [-0.3, -0.25) is 4.79 Å².